The van der Waals surface area contributed by atoms with Crippen molar-refractivity contribution < 1.29 is 4.79 Å². The van der Waals surface area contributed by atoms with E-state index in [4.69, 9.17) is 0 Å². The number of hydrogen-bond donors (Lipinski definition) is 1. The number of fused-ring (bicyclic) bond motifs is 1. The van der Waals surface area contributed by atoms with Gasteiger partial charge in [0.25, 0.3) is 11.5 Å². The molecule has 1 aliphatic heterocycles. The quantitative estimate of drug-likeness (QED) is 0.908. The molecule has 0 radical (unpaired) electrons. The molecule has 1 saturated heterocycles. The average molecular weight is 340 g/mol. The maximum Gasteiger partial charge on any atom is 0.261 e. The van der Waals surface area contributed by atoms with Crippen molar-refractivity contribution in [2.75, 3.05) is 13.1 Å². The maximum absolute atomic E-state index is 13.0. The summed E-state index contributed by atoms with van der Waals surface area (Å²) in [5.41, 5.74) is 3.16. The third kappa shape index (κ3) is 2.90. The van der Waals surface area contributed by atoms with Crippen LogP contribution in [0.4, 0.5) is 0 Å². The van der Waals surface area contributed by atoms with Crippen molar-refractivity contribution in [1.82, 2.24) is 19.4 Å². The number of hydrogen-bond acceptors (Lipinski definition) is 3. The molecule has 2 aromatic rings. The van der Waals surface area contributed by atoms with Gasteiger partial charge in [0.15, 0.2) is 0 Å². The van der Waals surface area contributed by atoms with Gasteiger partial charge in [0.1, 0.15) is 11.4 Å². The van der Waals surface area contributed by atoms with E-state index >= 15 is 0 Å². The highest BCUT2D eigenvalue weighted by Gasteiger charge is 2.29. The van der Waals surface area contributed by atoms with Crippen molar-refractivity contribution in [1.29, 1.82) is 0 Å². The van der Waals surface area contributed by atoms with E-state index in [0.29, 0.717) is 13.1 Å². The summed E-state index contributed by atoms with van der Waals surface area (Å²) in [4.78, 5) is 34.7. The van der Waals surface area contributed by atoms with E-state index < -0.39 is 0 Å². The molecule has 1 aliphatic carbocycles. The molecule has 2 aromatic heterocycles. The van der Waals surface area contributed by atoms with E-state index in [1.165, 1.54) is 0 Å². The molecule has 1 amide bonds. The summed E-state index contributed by atoms with van der Waals surface area (Å²) in [5.74, 6) is 1.11. The Morgan fingerprint density at radius 3 is 2.92 bits per heavy atom. The average Bonchev–Trinajstić information content (AvgIpc) is 3.18. The maximum atomic E-state index is 13.0. The number of aryl methyl sites for hydroxylation is 4. The number of pyridine rings is 1. The van der Waals surface area contributed by atoms with E-state index in [1.807, 2.05) is 31.1 Å². The van der Waals surface area contributed by atoms with Crippen LogP contribution in [0, 0.1) is 6.92 Å². The number of imidazole rings is 1. The smallest absolute Gasteiger partial charge is 0.261 e. The van der Waals surface area contributed by atoms with Crippen LogP contribution in [-0.4, -0.2) is 38.4 Å². The number of nitrogens with one attached hydrogen (secondary N) is 1. The number of aromatic nitrogens is 3. The lowest BCUT2D eigenvalue weighted by molar-refractivity contribution is 0.0701. The molecule has 6 nitrogen and oxygen atoms in total. The van der Waals surface area contributed by atoms with E-state index in [2.05, 4.69) is 14.5 Å². The minimum Gasteiger partial charge on any atom is -0.338 e. The van der Waals surface area contributed by atoms with Gasteiger partial charge in [-0.1, -0.05) is 0 Å². The van der Waals surface area contributed by atoms with Gasteiger partial charge in [0.05, 0.1) is 5.69 Å². The molecule has 1 atom stereocenters. The molecule has 6 heteroatoms. The molecule has 0 saturated carbocycles. The van der Waals surface area contributed by atoms with Gasteiger partial charge in [0, 0.05) is 37.9 Å². The summed E-state index contributed by atoms with van der Waals surface area (Å²) in [5, 5.41) is 0. The van der Waals surface area contributed by atoms with Gasteiger partial charge in [-0.05, 0) is 50.7 Å². The Labute approximate surface area is 146 Å². The zero-order valence-corrected chi connectivity index (χ0v) is 14.8. The Kier molecular flexibility index (Phi) is 3.98. The predicted octanol–water partition coefficient (Wildman–Crippen LogP) is 1.93. The molecule has 3 heterocycles. The van der Waals surface area contributed by atoms with Crippen LogP contribution in [0.2, 0.25) is 0 Å². The first-order chi connectivity index (χ1) is 12.0. The Balaban J connectivity index is 1.58. The number of carbonyl (C=O) groups excluding carboxylic acids is 1. The topological polar surface area (TPSA) is 71.0 Å². The van der Waals surface area contributed by atoms with Crippen LogP contribution in [0.5, 0.6) is 0 Å². The van der Waals surface area contributed by atoms with Crippen molar-refractivity contribution in [3.05, 3.63) is 51.0 Å². The van der Waals surface area contributed by atoms with Crippen molar-refractivity contribution in [3.63, 3.8) is 0 Å². The molecule has 0 aromatic carbocycles. The molecule has 1 unspecified atom stereocenters. The van der Waals surface area contributed by atoms with Gasteiger partial charge in [-0.2, -0.15) is 0 Å². The monoisotopic (exact) mass is 340 g/mol. The Bertz CT molecular complexity index is 880. The number of aromatic amines is 1. The largest absolute Gasteiger partial charge is 0.338 e. The molecule has 1 fully saturated rings. The number of amides is 1. The van der Waals surface area contributed by atoms with Crippen molar-refractivity contribution in [2.24, 2.45) is 7.05 Å². The predicted molar refractivity (Wildman–Crippen MR) is 94.9 cm³/mol. The molecule has 25 heavy (non-hydrogen) atoms. The lowest BCUT2D eigenvalue weighted by Gasteiger charge is -2.32. The first kappa shape index (κ1) is 16.1. The standard InChI is InChI=1S/C19H24N4O2/c1-12-10-22(2)17(20-12)14-6-4-8-23(11-14)19(25)15-9-13-5-3-7-16(13)21-18(15)24/h9-10,14H,3-8,11H2,1-2H3,(H,21,24). The molecule has 1 N–H and O–H groups in total. The molecular weight excluding hydrogens is 316 g/mol. The van der Waals surface area contributed by atoms with Crippen LogP contribution in [0.3, 0.4) is 0 Å². The fourth-order valence-corrected chi connectivity index (χ4v) is 4.23. The second kappa shape index (κ2) is 6.17. The number of piperidine rings is 1. The fraction of sp³-hybridized carbons (Fsp3) is 0.526. The van der Waals surface area contributed by atoms with Crippen molar-refractivity contribution >= 4 is 5.91 Å². The van der Waals surface area contributed by atoms with Crippen molar-refractivity contribution in [3.8, 4) is 0 Å². The highest BCUT2D eigenvalue weighted by atomic mass is 16.2. The Morgan fingerprint density at radius 1 is 1.32 bits per heavy atom. The lowest BCUT2D eigenvalue weighted by Crippen LogP contribution is -2.41. The summed E-state index contributed by atoms with van der Waals surface area (Å²) in [6.45, 7) is 3.31. The minimum atomic E-state index is -0.249. The SMILES string of the molecule is Cc1cn(C)c(C2CCCN(C(=O)c3cc4c([nH]c3=O)CCC4)C2)n1. The first-order valence-electron chi connectivity index (χ1n) is 9.07. The van der Waals surface area contributed by atoms with Crippen LogP contribution in [0.25, 0.3) is 0 Å². The lowest BCUT2D eigenvalue weighted by atomic mass is 9.96. The number of nitrogens with zero attached hydrogens (tertiary/aromatic N) is 3. The van der Waals surface area contributed by atoms with Crippen LogP contribution in [-0.2, 0) is 19.9 Å². The van der Waals surface area contributed by atoms with Gasteiger partial charge >= 0.3 is 0 Å². The van der Waals surface area contributed by atoms with E-state index in [1.54, 1.807) is 0 Å². The van der Waals surface area contributed by atoms with Crippen LogP contribution in [0.15, 0.2) is 17.1 Å². The van der Waals surface area contributed by atoms with Gasteiger partial charge < -0.3 is 14.5 Å². The summed E-state index contributed by atoms with van der Waals surface area (Å²) < 4.78 is 2.05. The first-order valence-corrected chi connectivity index (χ1v) is 9.07. The van der Waals surface area contributed by atoms with Gasteiger partial charge in [-0.3, -0.25) is 9.59 Å². The molecule has 4 rings (SSSR count). The number of rotatable bonds is 2. The summed E-state index contributed by atoms with van der Waals surface area (Å²) >= 11 is 0. The summed E-state index contributed by atoms with van der Waals surface area (Å²) in [6, 6.07) is 1.82. The summed E-state index contributed by atoms with van der Waals surface area (Å²) in [6.07, 6.45) is 6.87. The van der Waals surface area contributed by atoms with Gasteiger partial charge in [-0.25, -0.2) is 4.98 Å². The Hall–Kier alpha value is -2.37. The van der Waals surface area contributed by atoms with Crippen LogP contribution >= 0.6 is 0 Å². The molecule has 132 valence electrons. The molecule has 0 bridgehead atoms. The minimum absolute atomic E-state index is 0.147. The van der Waals surface area contributed by atoms with E-state index in [9.17, 15) is 9.59 Å². The van der Waals surface area contributed by atoms with E-state index in [-0.39, 0.29) is 22.9 Å². The second-order valence-electron chi connectivity index (χ2n) is 7.31. The highest BCUT2D eigenvalue weighted by Crippen LogP contribution is 2.27. The zero-order valence-electron chi connectivity index (χ0n) is 14.8. The third-order valence-corrected chi connectivity index (χ3v) is 5.43. The molecular formula is C19H24N4O2. The third-order valence-electron chi connectivity index (χ3n) is 5.43. The zero-order chi connectivity index (χ0) is 17.6. The molecule has 2 aliphatic rings. The van der Waals surface area contributed by atoms with Crippen molar-refractivity contribution in [2.45, 2.75) is 44.9 Å². The van der Waals surface area contributed by atoms with Crippen LogP contribution < -0.4 is 5.56 Å². The molecule has 0 spiro atoms. The second-order valence-corrected chi connectivity index (χ2v) is 7.31. The normalized spacial score (nSPS) is 19.9. The van der Waals surface area contributed by atoms with E-state index in [0.717, 1.165) is 54.9 Å². The number of carbonyl (C=O) groups is 1. The number of H-pyrrole nitrogens is 1. The van der Waals surface area contributed by atoms with Gasteiger partial charge in [-0.15, -0.1) is 0 Å². The summed E-state index contributed by atoms with van der Waals surface area (Å²) in [7, 11) is 2.00. The Morgan fingerprint density at radius 2 is 2.16 bits per heavy atom. The van der Waals surface area contributed by atoms with Crippen LogP contribution in [0.1, 0.15) is 58.3 Å². The highest BCUT2D eigenvalue weighted by molar-refractivity contribution is 5.94. The fourth-order valence-electron chi connectivity index (χ4n) is 4.23. The van der Waals surface area contributed by atoms with Gasteiger partial charge in [0.2, 0.25) is 0 Å². The number of likely N-dealkylation sites (tertiary alicyclic amines) is 1.